The third kappa shape index (κ3) is 4.36. The third-order valence-electron chi connectivity index (χ3n) is 3.72. The first kappa shape index (κ1) is 15.1. The molecule has 1 fully saturated rings. The van der Waals surface area contributed by atoms with Crippen molar-refractivity contribution >= 4 is 11.6 Å². The highest BCUT2D eigenvalue weighted by Gasteiger charge is 2.13. The Bertz CT molecular complexity index is 397. The Morgan fingerprint density at radius 2 is 1.80 bits per heavy atom. The molecule has 1 N–H and O–H groups in total. The normalized spacial score (nSPS) is 16.0. The van der Waals surface area contributed by atoms with Crippen LogP contribution in [0.5, 0.6) is 0 Å². The topological polar surface area (TPSA) is 41.0 Å². The van der Waals surface area contributed by atoms with Crippen LogP contribution in [0.2, 0.25) is 0 Å². The highest BCUT2D eigenvalue weighted by molar-refractivity contribution is 5.49. The van der Waals surface area contributed by atoms with Gasteiger partial charge in [-0.2, -0.15) is 0 Å². The standard InChI is InChI=1S/C16H28N4/c1-3-9-14-18-15(17-10-4-2)13-16(19-14)20-11-7-5-6-8-12-20/h13H,3-12H2,1-2H3,(H,17,18,19). The summed E-state index contributed by atoms with van der Waals surface area (Å²) in [6.07, 6.45) is 8.44. The van der Waals surface area contributed by atoms with E-state index in [-0.39, 0.29) is 0 Å². The molecule has 0 spiro atoms. The van der Waals surface area contributed by atoms with Crippen molar-refractivity contribution in [2.45, 2.75) is 58.8 Å². The van der Waals surface area contributed by atoms with Gasteiger partial charge >= 0.3 is 0 Å². The maximum atomic E-state index is 4.77. The van der Waals surface area contributed by atoms with Crippen LogP contribution in [0.25, 0.3) is 0 Å². The fourth-order valence-electron chi connectivity index (χ4n) is 2.62. The Labute approximate surface area is 123 Å². The van der Waals surface area contributed by atoms with Gasteiger partial charge in [0.15, 0.2) is 0 Å². The molecule has 0 aliphatic carbocycles. The molecule has 112 valence electrons. The molecule has 0 saturated carbocycles. The number of nitrogens with zero attached hydrogens (tertiary/aromatic N) is 3. The van der Waals surface area contributed by atoms with Crippen molar-refractivity contribution in [3.63, 3.8) is 0 Å². The second-order valence-corrected chi connectivity index (χ2v) is 5.61. The van der Waals surface area contributed by atoms with E-state index in [1.807, 2.05) is 0 Å². The number of aromatic nitrogens is 2. The Balaban J connectivity index is 2.17. The van der Waals surface area contributed by atoms with Crippen LogP contribution in [-0.4, -0.2) is 29.6 Å². The molecule has 1 saturated heterocycles. The minimum absolute atomic E-state index is 0.961. The summed E-state index contributed by atoms with van der Waals surface area (Å²) in [5.41, 5.74) is 0. The van der Waals surface area contributed by atoms with E-state index in [2.05, 4.69) is 35.1 Å². The molecule has 0 atom stereocenters. The molecule has 0 radical (unpaired) electrons. The van der Waals surface area contributed by atoms with Gasteiger partial charge in [-0.05, 0) is 25.7 Å². The predicted octanol–water partition coefficient (Wildman–Crippen LogP) is 3.63. The summed E-state index contributed by atoms with van der Waals surface area (Å²) in [5, 5.41) is 3.41. The Hall–Kier alpha value is -1.32. The number of aryl methyl sites for hydroxylation is 1. The molecule has 1 aliphatic rings. The lowest BCUT2D eigenvalue weighted by Gasteiger charge is -2.22. The van der Waals surface area contributed by atoms with Crippen LogP contribution in [0.3, 0.4) is 0 Å². The van der Waals surface area contributed by atoms with Crippen LogP contribution in [0.15, 0.2) is 6.07 Å². The van der Waals surface area contributed by atoms with Crippen molar-refractivity contribution in [1.29, 1.82) is 0 Å². The largest absolute Gasteiger partial charge is 0.370 e. The van der Waals surface area contributed by atoms with Gasteiger partial charge in [0.2, 0.25) is 0 Å². The zero-order valence-corrected chi connectivity index (χ0v) is 13.0. The minimum atomic E-state index is 0.961. The monoisotopic (exact) mass is 276 g/mol. The molecule has 20 heavy (non-hydrogen) atoms. The molecule has 4 heteroatoms. The molecule has 2 rings (SSSR count). The minimum Gasteiger partial charge on any atom is -0.370 e. The maximum Gasteiger partial charge on any atom is 0.134 e. The van der Waals surface area contributed by atoms with Crippen molar-refractivity contribution in [2.24, 2.45) is 0 Å². The average molecular weight is 276 g/mol. The quantitative estimate of drug-likeness (QED) is 0.861. The fourth-order valence-corrected chi connectivity index (χ4v) is 2.62. The number of hydrogen-bond acceptors (Lipinski definition) is 4. The Kier molecular flexibility index (Phi) is 6.09. The van der Waals surface area contributed by atoms with Gasteiger partial charge in [0, 0.05) is 32.1 Å². The predicted molar refractivity (Wildman–Crippen MR) is 85.5 cm³/mol. The van der Waals surface area contributed by atoms with E-state index in [0.29, 0.717) is 0 Å². The van der Waals surface area contributed by atoms with Gasteiger partial charge in [-0.1, -0.05) is 26.7 Å². The molecule has 4 nitrogen and oxygen atoms in total. The maximum absolute atomic E-state index is 4.77. The van der Waals surface area contributed by atoms with Crippen LogP contribution in [0.4, 0.5) is 11.6 Å². The summed E-state index contributed by atoms with van der Waals surface area (Å²) in [6.45, 7) is 7.60. The number of nitrogens with one attached hydrogen (secondary N) is 1. The van der Waals surface area contributed by atoms with Gasteiger partial charge in [0.1, 0.15) is 17.5 Å². The molecule has 1 aliphatic heterocycles. The van der Waals surface area contributed by atoms with Crippen molar-refractivity contribution < 1.29 is 0 Å². The van der Waals surface area contributed by atoms with Crippen LogP contribution >= 0.6 is 0 Å². The second kappa shape index (κ2) is 8.08. The second-order valence-electron chi connectivity index (χ2n) is 5.61. The highest BCUT2D eigenvalue weighted by Crippen LogP contribution is 2.20. The summed E-state index contributed by atoms with van der Waals surface area (Å²) >= 11 is 0. The molecule has 2 heterocycles. The number of hydrogen-bond donors (Lipinski definition) is 1. The molecule has 1 aromatic rings. The first-order chi connectivity index (χ1) is 9.83. The van der Waals surface area contributed by atoms with E-state index in [0.717, 1.165) is 56.4 Å². The zero-order valence-electron chi connectivity index (χ0n) is 13.0. The summed E-state index contributed by atoms with van der Waals surface area (Å²) in [4.78, 5) is 11.8. The van der Waals surface area contributed by atoms with Crippen LogP contribution in [0, 0.1) is 0 Å². The Morgan fingerprint density at radius 1 is 1.05 bits per heavy atom. The molecular formula is C16H28N4. The van der Waals surface area contributed by atoms with E-state index in [9.17, 15) is 0 Å². The van der Waals surface area contributed by atoms with Gasteiger partial charge in [0.05, 0.1) is 0 Å². The summed E-state index contributed by atoms with van der Waals surface area (Å²) in [5.74, 6) is 3.08. The average Bonchev–Trinajstić information content (AvgIpc) is 2.74. The molecule has 1 aromatic heterocycles. The lowest BCUT2D eigenvalue weighted by molar-refractivity contribution is 0.726. The van der Waals surface area contributed by atoms with Crippen molar-refractivity contribution in [1.82, 2.24) is 9.97 Å². The van der Waals surface area contributed by atoms with E-state index >= 15 is 0 Å². The number of rotatable bonds is 6. The van der Waals surface area contributed by atoms with Gasteiger partial charge in [0.25, 0.3) is 0 Å². The van der Waals surface area contributed by atoms with Crippen LogP contribution < -0.4 is 10.2 Å². The Morgan fingerprint density at radius 3 is 2.45 bits per heavy atom. The lowest BCUT2D eigenvalue weighted by atomic mass is 10.2. The molecular weight excluding hydrogens is 248 g/mol. The van der Waals surface area contributed by atoms with Gasteiger partial charge in [-0.15, -0.1) is 0 Å². The van der Waals surface area contributed by atoms with Crippen molar-refractivity contribution in [3.05, 3.63) is 11.9 Å². The van der Waals surface area contributed by atoms with Gasteiger partial charge in [-0.25, -0.2) is 9.97 Å². The van der Waals surface area contributed by atoms with Crippen LogP contribution in [0.1, 0.15) is 58.2 Å². The SMILES string of the molecule is CCCNc1cc(N2CCCCCC2)nc(CCC)n1. The summed E-state index contributed by atoms with van der Waals surface area (Å²) in [6, 6.07) is 2.13. The molecule has 0 aromatic carbocycles. The molecule has 0 amide bonds. The first-order valence-corrected chi connectivity index (χ1v) is 8.20. The smallest absolute Gasteiger partial charge is 0.134 e. The molecule has 0 unspecified atom stereocenters. The summed E-state index contributed by atoms with van der Waals surface area (Å²) < 4.78 is 0. The lowest BCUT2D eigenvalue weighted by Crippen LogP contribution is -2.25. The zero-order chi connectivity index (χ0) is 14.2. The van der Waals surface area contributed by atoms with E-state index in [1.165, 1.54) is 25.7 Å². The van der Waals surface area contributed by atoms with Gasteiger partial charge in [-0.3, -0.25) is 0 Å². The van der Waals surface area contributed by atoms with Gasteiger partial charge < -0.3 is 10.2 Å². The number of anilines is 2. The third-order valence-corrected chi connectivity index (χ3v) is 3.72. The van der Waals surface area contributed by atoms with E-state index in [4.69, 9.17) is 4.98 Å². The molecule has 0 bridgehead atoms. The van der Waals surface area contributed by atoms with Crippen molar-refractivity contribution in [2.75, 3.05) is 29.9 Å². The van der Waals surface area contributed by atoms with E-state index < -0.39 is 0 Å². The first-order valence-electron chi connectivity index (χ1n) is 8.20. The van der Waals surface area contributed by atoms with Crippen LogP contribution in [-0.2, 0) is 6.42 Å². The van der Waals surface area contributed by atoms with E-state index in [1.54, 1.807) is 0 Å². The van der Waals surface area contributed by atoms with Crippen molar-refractivity contribution in [3.8, 4) is 0 Å². The fraction of sp³-hybridized carbons (Fsp3) is 0.750. The summed E-state index contributed by atoms with van der Waals surface area (Å²) in [7, 11) is 0. The highest BCUT2D eigenvalue weighted by atomic mass is 15.2.